The Kier molecular flexibility index (Phi) is 3.60. The zero-order chi connectivity index (χ0) is 19.4. The van der Waals surface area contributed by atoms with Gasteiger partial charge in [0.05, 0.1) is 16.6 Å². The van der Waals surface area contributed by atoms with Crippen LogP contribution in [0.1, 0.15) is 12.2 Å². The third-order valence-electron chi connectivity index (χ3n) is 5.24. The van der Waals surface area contributed by atoms with Crippen LogP contribution in [0.2, 0.25) is 0 Å². The number of nitrogens with one attached hydrogen (secondary N) is 1. The molecule has 7 nitrogen and oxygen atoms in total. The minimum Gasteiger partial charge on any atom is -0.454 e. The van der Waals surface area contributed by atoms with Crippen LogP contribution >= 0.6 is 11.3 Å². The highest BCUT2D eigenvalue weighted by Crippen LogP contribution is 2.37. The number of aryl methyl sites for hydroxylation is 1. The molecule has 0 amide bonds. The Hall–Kier alpha value is -3.39. The summed E-state index contributed by atoms with van der Waals surface area (Å²) in [4.78, 5) is 22.1. The molecule has 144 valence electrons. The molecule has 2 aromatic carbocycles. The molecule has 0 saturated carbocycles. The second kappa shape index (κ2) is 6.31. The number of fused-ring (bicyclic) bond motifs is 3. The first-order chi connectivity index (χ1) is 14.2. The van der Waals surface area contributed by atoms with Gasteiger partial charge in [-0.15, -0.1) is 11.3 Å². The van der Waals surface area contributed by atoms with E-state index in [0.29, 0.717) is 5.39 Å². The van der Waals surface area contributed by atoms with Crippen molar-refractivity contribution in [3.05, 3.63) is 58.0 Å². The number of hydrogen-bond donors (Lipinski definition) is 1. The molecule has 0 unspecified atom stereocenters. The molecule has 2 aromatic heterocycles. The minimum absolute atomic E-state index is 0.0336. The van der Waals surface area contributed by atoms with Crippen molar-refractivity contribution in [3.63, 3.8) is 0 Å². The summed E-state index contributed by atoms with van der Waals surface area (Å²) in [5.41, 5.74) is 3.42. The van der Waals surface area contributed by atoms with E-state index in [1.54, 1.807) is 4.57 Å². The van der Waals surface area contributed by atoms with Gasteiger partial charge in [0.1, 0.15) is 5.82 Å². The first-order valence-corrected chi connectivity index (χ1v) is 10.3. The third-order valence-corrected chi connectivity index (χ3v) is 6.00. The minimum atomic E-state index is 0.0336. The monoisotopic (exact) mass is 404 g/mol. The second-order valence-corrected chi connectivity index (χ2v) is 7.91. The van der Waals surface area contributed by atoms with Gasteiger partial charge in [0.15, 0.2) is 16.6 Å². The van der Waals surface area contributed by atoms with Crippen molar-refractivity contribution < 1.29 is 9.47 Å². The van der Waals surface area contributed by atoms with E-state index in [2.05, 4.69) is 15.3 Å². The SMILES string of the molecule is O=c1c2cc(Nc3nc(-c4ccc5c(c4)OCO5)cs3)ccc2nc2n1CCC2. The summed E-state index contributed by atoms with van der Waals surface area (Å²) in [5, 5.41) is 6.69. The lowest BCUT2D eigenvalue weighted by Crippen LogP contribution is -2.20. The molecule has 2 aliphatic rings. The van der Waals surface area contributed by atoms with Crippen molar-refractivity contribution in [1.29, 1.82) is 0 Å². The van der Waals surface area contributed by atoms with Gasteiger partial charge in [-0.1, -0.05) is 0 Å². The van der Waals surface area contributed by atoms with Crippen LogP contribution in [0.25, 0.3) is 22.2 Å². The average molecular weight is 404 g/mol. The van der Waals surface area contributed by atoms with Crippen molar-refractivity contribution in [3.8, 4) is 22.8 Å². The molecule has 0 atom stereocenters. The maximum absolute atomic E-state index is 12.8. The quantitative estimate of drug-likeness (QED) is 0.557. The first-order valence-electron chi connectivity index (χ1n) is 9.41. The summed E-state index contributed by atoms with van der Waals surface area (Å²) in [5.74, 6) is 2.38. The maximum Gasteiger partial charge on any atom is 0.261 e. The highest BCUT2D eigenvalue weighted by atomic mass is 32.1. The largest absolute Gasteiger partial charge is 0.454 e. The van der Waals surface area contributed by atoms with Gasteiger partial charge in [0, 0.05) is 29.6 Å². The van der Waals surface area contributed by atoms with Gasteiger partial charge in [-0.2, -0.15) is 0 Å². The number of anilines is 2. The van der Waals surface area contributed by atoms with E-state index in [1.165, 1.54) is 11.3 Å². The Morgan fingerprint density at radius 1 is 1.07 bits per heavy atom. The Morgan fingerprint density at radius 2 is 2.00 bits per heavy atom. The van der Waals surface area contributed by atoms with Crippen LogP contribution in [-0.4, -0.2) is 21.3 Å². The van der Waals surface area contributed by atoms with Gasteiger partial charge in [-0.05, 0) is 42.8 Å². The Bertz CT molecular complexity index is 1330. The fourth-order valence-electron chi connectivity index (χ4n) is 3.80. The zero-order valence-corrected chi connectivity index (χ0v) is 16.2. The lowest BCUT2D eigenvalue weighted by molar-refractivity contribution is 0.174. The van der Waals surface area contributed by atoms with Gasteiger partial charge in [0.25, 0.3) is 5.56 Å². The average Bonchev–Trinajstić information content (AvgIpc) is 3.48. The predicted molar refractivity (Wildman–Crippen MR) is 111 cm³/mol. The Balaban J connectivity index is 1.31. The van der Waals surface area contributed by atoms with Crippen LogP contribution in [0.3, 0.4) is 0 Å². The van der Waals surface area contributed by atoms with E-state index in [1.807, 2.05) is 41.8 Å². The van der Waals surface area contributed by atoms with Gasteiger partial charge in [-0.25, -0.2) is 9.97 Å². The second-order valence-electron chi connectivity index (χ2n) is 7.05. The number of thiazole rings is 1. The smallest absolute Gasteiger partial charge is 0.261 e. The van der Waals surface area contributed by atoms with Crippen molar-refractivity contribution in [2.75, 3.05) is 12.1 Å². The molecule has 4 heterocycles. The number of nitrogens with zero attached hydrogens (tertiary/aromatic N) is 3. The number of hydrogen-bond acceptors (Lipinski definition) is 7. The summed E-state index contributed by atoms with van der Waals surface area (Å²) in [6.45, 7) is 1.00. The molecule has 0 fully saturated rings. The van der Waals surface area contributed by atoms with E-state index in [9.17, 15) is 4.79 Å². The summed E-state index contributed by atoms with van der Waals surface area (Å²) >= 11 is 1.51. The summed E-state index contributed by atoms with van der Waals surface area (Å²) in [7, 11) is 0. The number of aromatic nitrogens is 3. The molecule has 0 radical (unpaired) electrons. The molecule has 4 aromatic rings. The van der Waals surface area contributed by atoms with Crippen molar-refractivity contribution in [1.82, 2.24) is 14.5 Å². The molecule has 0 saturated heterocycles. The summed E-state index contributed by atoms with van der Waals surface area (Å²) < 4.78 is 12.6. The molecule has 6 rings (SSSR count). The Morgan fingerprint density at radius 3 is 2.97 bits per heavy atom. The van der Waals surface area contributed by atoms with E-state index < -0.39 is 0 Å². The molecule has 2 aliphatic heterocycles. The zero-order valence-electron chi connectivity index (χ0n) is 15.3. The van der Waals surface area contributed by atoms with E-state index in [4.69, 9.17) is 9.47 Å². The fraction of sp³-hybridized carbons (Fsp3) is 0.190. The highest BCUT2D eigenvalue weighted by molar-refractivity contribution is 7.14. The lowest BCUT2D eigenvalue weighted by atomic mass is 10.1. The standard InChI is InChI=1S/C21H16N4O3S/c26-20-14-9-13(4-5-15(14)23-19-2-1-7-25(19)20)22-21-24-16(10-29-21)12-3-6-17-18(8-12)28-11-27-17/h3-6,8-10H,1-2,7,11H2,(H,22,24). The lowest BCUT2D eigenvalue weighted by Gasteiger charge is -2.07. The Labute approximate surface area is 169 Å². The van der Waals surface area contributed by atoms with Gasteiger partial charge in [-0.3, -0.25) is 9.36 Å². The molecule has 0 aliphatic carbocycles. The summed E-state index contributed by atoms with van der Waals surface area (Å²) in [6.07, 6.45) is 1.85. The van der Waals surface area contributed by atoms with Crippen LogP contribution < -0.4 is 20.3 Å². The normalized spacial score (nSPS) is 14.3. The molecule has 1 N–H and O–H groups in total. The van der Waals surface area contributed by atoms with Crippen molar-refractivity contribution in [2.24, 2.45) is 0 Å². The van der Waals surface area contributed by atoms with Gasteiger partial charge in [0.2, 0.25) is 6.79 Å². The van der Waals surface area contributed by atoms with Crippen LogP contribution in [0.15, 0.2) is 46.6 Å². The van der Waals surface area contributed by atoms with Crippen LogP contribution in [-0.2, 0) is 13.0 Å². The molecule has 0 bridgehead atoms. The predicted octanol–water partition coefficient (Wildman–Crippen LogP) is 3.94. The number of benzene rings is 2. The fourth-order valence-corrected chi connectivity index (χ4v) is 4.54. The molecule has 8 heteroatoms. The van der Waals surface area contributed by atoms with Crippen LogP contribution in [0, 0.1) is 0 Å². The summed E-state index contributed by atoms with van der Waals surface area (Å²) in [6, 6.07) is 11.5. The highest BCUT2D eigenvalue weighted by Gasteiger charge is 2.17. The van der Waals surface area contributed by atoms with Gasteiger partial charge >= 0.3 is 0 Å². The number of ether oxygens (including phenoxy) is 2. The van der Waals surface area contributed by atoms with Crippen LogP contribution in [0.4, 0.5) is 10.8 Å². The van der Waals surface area contributed by atoms with E-state index in [0.717, 1.165) is 64.3 Å². The number of rotatable bonds is 3. The molecular weight excluding hydrogens is 388 g/mol. The first kappa shape index (κ1) is 16.6. The van der Waals surface area contributed by atoms with Crippen LogP contribution in [0.5, 0.6) is 11.5 Å². The van der Waals surface area contributed by atoms with Crippen molar-refractivity contribution >= 4 is 33.1 Å². The maximum atomic E-state index is 12.8. The molecular formula is C21H16N4O3S. The van der Waals surface area contributed by atoms with Gasteiger partial charge < -0.3 is 14.8 Å². The van der Waals surface area contributed by atoms with Crippen molar-refractivity contribution in [2.45, 2.75) is 19.4 Å². The van der Waals surface area contributed by atoms with E-state index >= 15 is 0 Å². The van der Waals surface area contributed by atoms with E-state index in [-0.39, 0.29) is 12.4 Å². The molecule has 29 heavy (non-hydrogen) atoms. The topological polar surface area (TPSA) is 78.3 Å². The third kappa shape index (κ3) is 2.75. The molecule has 0 spiro atoms.